The maximum atomic E-state index is 13.0. The molecule has 2 aromatic heterocycles. The van der Waals surface area contributed by atoms with Gasteiger partial charge in [0.2, 0.25) is 0 Å². The Morgan fingerprint density at radius 1 is 1.22 bits per heavy atom. The van der Waals surface area contributed by atoms with Gasteiger partial charge >= 0.3 is 18.0 Å². The largest absolute Gasteiger partial charge is 0.464 e. The Morgan fingerprint density at radius 3 is 2.34 bits per heavy atom. The van der Waals surface area contributed by atoms with Crippen molar-refractivity contribution in [3.63, 3.8) is 0 Å². The minimum atomic E-state index is -4.50. The molecule has 0 aliphatic heterocycles. The number of aryl methyl sites for hydroxylation is 2. The predicted octanol–water partition coefficient (Wildman–Crippen LogP) is 3.24. The molecule has 0 bridgehead atoms. The van der Waals surface area contributed by atoms with Crippen LogP contribution in [0.5, 0.6) is 0 Å². The van der Waals surface area contributed by atoms with Gasteiger partial charge in [-0.25, -0.2) is 9.59 Å². The number of hydrogen-bond acceptors (Lipinski definition) is 6. The van der Waals surface area contributed by atoms with E-state index in [1.165, 1.54) is 13.3 Å². The van der Waals surface area contributed by atoms with E-state index in [1.807, 2.05) is 0 Å². The second kappa shape index (κ2) is 9.45. The van der Waals surface area contributed by atoms with E-state index in [-0.39, 0.29) is 23.4 Å². The Balaban J connectivity index is 2.72. The van der Waals surface area contributed by atoms with Gasteiger partial charge in [0.1, 0.15) is 4.83 Å². The van der Waals surface area contributed by atoms with E-state index < -0.39 is 42.0 Å². The first-order valence-electron chi connectivity index (χ1n) is 9.58. The van der Waals surface area contributed by atoms with Crippen LogP contribution >= 0.6 is 11.3 Å². The molecular formula is C19H25F3N4O5S. The highest BCUT2D eigenvalue weighted by molar-refractivity contribution is 7.20. The number of hydrazone groups is 1. The van der Waals surface area contributed by atoms with Gasteiger partial charge in [-0.05, 0) is 33.3 Å². The second-order valence-electron chi connectivity index (χ2n) is 8.03. The van der Waals surface area contributed by atoms with E-state index in [0.29, 0.717) is 10.4 Å². The molecule has 2 rings (SSSR count). The van der Waals surface area contributed by atoms with Gasteiger partial charge in [-0.1, -0.05) is 0 Å². The van der Waals surface area contributed by atoms with Crippen LogP contribution in [0.1, 0.15) is 37.6 Å². The van der Waals surface area contributed by atoms with E-state index in [9.17, 15) is 32.7 Å². The summed E-state index contributed by atoms with van der Waals surface area (Å²) in [6.07, 6.45) is -5.81. The van der Waals surface area contributed by atoms with Crippen LogP contribution in [0.2, 0.25) is 0 Å². The number of nitrogens with zero attached hydrogens (tertiary/aromatic N) is 4. The van der Waals surface area contributed by atoms with Crippen LogP contribution in [0.25, 0.3) is 10.2 Å². The lowest BCUT2D eigenvalue weighted by Gasteiger charge is -2.27. The Morgan fingerprint density at radius 2 is 1.84 bits per heavy atom. The number of halogens is 3. The van der Waals surface area contributed by atoms with Crippen molar-refractivity contribution in [1.82, 2.24) is 14.1 Å². The van der Waals surface area contributed by atoms with Crippen molar-refractivity contribution >= 4 is 33.9 Å². The van der Waals surface area contributed by atoms with Crippen molar-refractivity contribution < 1.29 is 27.8 Å². The van der Waals surface area contributed by atoms with Gasteiger partial charge in [-0.15, -0.1) is 11.3 Å². The molecule has 9 nitrogen and oxygen atoms in total. The van der Waals surface area contributed by atoms with Crippen LogP contribution < -0.4 is 11.2 Å². The van der Waals surface area contributed by atoms with Gasteiger partial charge in [0.25, 0.3) is 5.56 Å². The molecule has 0 unspecified atom stereocenters. The monoisotopic (exact) mass is 478 g/mol. The third-order valence-electron chi connectivity index (χ3n) is 4.58. The van der Waals surface area contributed by atoms with Crippen LogP contribution in [-0.4, -0.2) is 57.0 Å². The summed E-state index contributed by atoms with van der Waals surface area (Å²) in [4.78, 5) is 37.7. The molecule has 13 heteroatoms. The summed E-state index contributed by atoms with van der Waals surface area (Å²) >= 11 is 0.908. The van der Waals surface area contributed by atoms with E-state index in [4.69, 9.17) is 4.74 Å². The zero-order valence-electron chi connectivity index (χ0n) is 18.3. The normalized spacial score (nSPS) is 12.8. The number of hydrogen-bond donors (Lipinski definition) is 1. The molecule has 2 aromatic rings. The van der Waals surface area contributed by atoms with E-state index in [1.54, 1.807) is 27.7 Å². The lowest BCUT2D eigenvalue weighted by atomic mass is 10.1. The number of methoxy groups -OCH3 is 1. The third kappa shape index (κ3) is 5.57. The molecule has 32 heavy (non-hydrogen) atoms. The van der Waals surface area contributed by atoms with Gasteiger partial charge in [0.15, 0.2) is 0 Å². The molecule has 0 saturated heterocycles. The van der Waals surface area contributed by atoms with Crippen molar-refractivity contribution in [2.45, 2.75) is 58.9 Å². The summed E-state index contributed by atoms with van der Waals surface area (Å²) in [7, 11) is 1.37. The first-order valence-corrected chi connectivity index (χ1v) is 10.4. The van der Waals surface area contributed by atoms with E-state index in [0.717, 1.165) is 25.5 Å². The minimum Gasteiger partial charge on any atom is -0.464 e. The molecule has 0 atom stereocenters. The molecule has 0 fully saturated rings. The fourth-order valence-corrected chi connectivity index (χ4v) is 4.16. The average molecular weight is 478 g/mol. The lowest BCUT2D eigenvalue weighted by molar-refractivity contribution is -0.136. The van der Waals surface area contributed by atoms with Gasteiger partial charge in [-0.3, -0.25) is 13.9 Å². The molecule has 1 amide bonds. The number of rotatable bonds is 7. The molecule has 0 aliphatic carbocycles. The topological polar surface area (TPSA) is 106 Å². The Labute approximate surface area is 185 Å². The molecular weight excluding hydrogens is 453 g/mol. The quantitative estimate of drug-likeness (QED) is 0.486. The van der Waals surface area contributed by atoms with Crippen molar-refractivity contribution in [2.24, 2.45) is 5.10 Å². The zero-order valence-corrected chi connectivity index (χ0v) is 19.1. The highest BCUT2D eigenvalue weighted by atomic mass is 32.1. The number of aromatic nitrogens is 2. The van der Waals surface area contributed by atoms with Crippen molar-refractivity contribution in [3.05, 3.63) is 31.3 Å². The predicted molar refractivity (Wildman–Crippen MR) is 115 cm³/mol. The Bertz CT molecular complexity index is 1140. The summed E-state index contributed by atoms with van der Waals surface area (Å²) in [5, 5.41) is 14.3. The number of ether oxygens (including phenoxy) is 1. The number of carbonyl (C=O) groups is 1. The fraction of sp³-hybridized carbons (Fsp3) is 0.579. The third-order valence-corrected chi connectivity index (χ3v) is 5.83. The molecule has 1 N–H and O–H groups in total. The number of fused-ring (bicyclic) bond motifs is 1. The molecule has 0 radical (unpaired) electrons. The van der Waals surface area contributed by atoms with E-state index in [2.05, 4.69) is 5.10 Å². The highest BCUT2D eigenvalue weighted by Gasteiger charge is 2.29. The number of carboxylic acid groups (broad SMARTS) is 1. The summed E-state index contributed by atoms with van der Waals surface area (Å²) in [5.41, 5.74) is -1.97. The summed E-state index contributed by atoms with van der Waals surface area (Å²) in [6, 6.07) is 0. The summed E-state index contributed by atoms with van der Waals surface area (Å²) in [5.74, 6) is 0. The van der Waals surface area contributed by atoms with E-state index >= 15 is 0 Å². The average Bonchev–Trinajstić information content (AvgIpc) is 2.96. The molecule has 0 saturated carbocycles. The first kappa shape index (κ1) is 25.6. The van der Waals surface area contributed by atoms with Crippen LogP contribution in [0.4, 0.5) is 18.0 Å². The lowest BCUT2D eigenvalue weighted by Crippen LogP contribution is -2.41. The maximum absolute atomic E-state index is 13.0. The zero-order chi connectivity index (χ0) is 24.4. The fourth-order valence-electron chi connectivity index (χ4n) is 2.97. The molecule has 178 valence electrons. The first-order chi connectivity index (χ1) is 14.7. The number of alkyl halides is 3. The van der Waals surface area contributed by atoms with Gasteiger partial charge in [-0.2, -0.15) is 23.3 Å². The van der Waals surface area contributed by atoms with Crippen LogP contribution in [0, 0.1) is 6.92 Å². The standard InChI is InChI=1S/C19H25F3N4O5S/c1-11-12(10-23-26(17(29)30)18(2,3)4)32-15-13(11)14(27)24(8-9-31-5)16(28)25(15)7-6-19(20,21)22/h10H,6-9H2,1-5H3,(H,29,30)/b23-10+. The van der Waals surface area contributed by atoms with Gasteiger partial charge in [0.05, 0.1) is 41.6 Å². The number of amides is 1. The summed E-state index contributed by atoms with van der Waals surface area (Å²) in [6.45, 7) is 5.73. The van der Waals surface area contributed by atoms with Crippen molar-refractivity contribution in [3.8, 4) is 0 Å². The molecule has 0 aromatic carbocycles. The molecule has 0 aliphatic rings. The number of thiophene rings is 1. The second-order valence-corrected chi connectivity index (χ2v) is 9.06. The Kier molecular flexibility index (Phi) is 7.55. The molecule has 0 spiro atoms. The van der Waals surface area contributed by atoms with Crippen LogP contribution in [-0.2, 0) is 17.8 Å². The molecule has 2 heterocycles. The SMILES string of the molecule is COCCn1c(=O)c2c(C)c(/C=N/N(C(=O)O)C(C)(C)C)sc2n(CCC(F)(F)F)c1=O. The van der Waals surface area contributed by atoms with Crippen molar-refractivity contribution in [1.29, 1.82) is 0 Å². The van der Waals surface area contributed by atoms with Crippen LogP contribution in [0.3, 0.4) is 0 Å². The highest BCUT2D eigenvalue weighted by Crippen LogP contribution is 2.28. The smallest absolute Gasteiger partial charge is 0.428 e. The van der Waals surface area contributed by atoms with Gasteiger partial charge in [0, 0.05) is 13.7 Å². The van der Waals surface area contributed by atoms with Crippen molar-refractivity contribution in [2.75, 3.05) is 13.7 Å². The maximum Gasteiger partial charge on any atom is 0.428 e. The van der Waals surface area contributed by atoms with Crippen LogP contribution in [0.15, 0.2) is 14.7 Å². The minimum absolute atomic E-state index is 0.0244. The van der Waals surface area contributed by atoms with Gasteiger partial charge < -0.3 is 9.84 Å². The summed E-state index contributed by atoms with van der Waals surface area (Å²) < 4.78 is 45.2. The Hall–Kier alpha value is -2.67.